The fourth-order valence-electron chi connectivity index (χ4n) is 0.712. The second kappa shape index (κ2) is 5.76. The van der Waals surface area contributed by atoms with Gasteiger partial charge in [-0.2, -0.15) is 21.0 Å². The topological polar surface area (TPSA) is 119 Å². The Morgan fingerprint density at radius 3 is 1.86 bits per heavy atom. The first kappa shape index (κ1) is 11.1. The minimum absolute atomic E-state index is 0.0463. The summed E-state index contributed by atoms with van der Waals surface area (Å²) < 4.78 is 0. The van der Waals surface area contributed by atoms with E-state index in [4.69, 9.17) is 26.5 Å². The maximum Gasteiger partial charge on any atom is 0.135 e. The van der Waals surface area contributed by atoms with Gasteiger partial charge in [0.15, 0.2) is 0 Å². The van der Waals surface area contributed by atoms with E-state index < -0.39 is 0 Å². The van der Waals surface area contributed by atoms with Crippen LogP contribution in [-0.4, -0.2) is 5.87 Å². The third kappa shape index (κ3) is 2.33. The Labute approximate surface area is 80.5 Å². The van der Waals surface area contributed by atoms with Crippen LogP contribution in [-0.2, 0) is 0 Å². The molecule has 0 aliphatic heterocycles. The molecule has 0 fully saturated rings. The maximum atomic E-state index is 8.53. The molecule has 0 aliphatic carbocycles. The second-order valence-electron chi connectivity index (χ2n) is 2.02. The van der Waals surface area contributed by atoms with E-state index in [1.54, 1.807) is 30.1 Å². The molecule has 0 aromatic carbocycles. The van der Waals surface area contributed by atoms with Crippen molar-refractivity contribution in [1.29, 1.82) is 26.5 Å². The molecule has 0 saturated heterocycles. The first-order valence-electron chi connectivity index (χ1n) is 3.35. The molecule has 5 nitrogen and oxygen atoms in total. The van der Waals surface area contributed by atoms with Crippen LogP contribution in [0.5, 0.6) is 0 Å². The lowest BCUT2D eigenvalue weighted by atomic mass is 10.0. The summed E-state index contributed by atoms with van der Waals surface area (Å²) in [6.07, 6.45) is -0.259. The van der Waals surface area contributed by atoms with Crippen LogP contribution in [0.15, 0.2) is 16.7 Å². The lowest BCUT2D eigenvalue weighted by molar-refractivity contribution is 1.22. The molecule has 0 aromatic heterocycles. The van der Waals surface area contributed by atoms with Crippen molar-refractivity contribution in [2.75, 3.05) is 0 Å². The summed E-state index contributed by atoms with van der Waals surface area (Å²) in [4.78, 5) is 0. The quantitative estimate of drug-likeness (QED) is 0.387. The maximum absolute atomic E-state index is 8.53. The van der Waals surface area contributed by atoms with Gasteiger partial charge in [0, 0.05) is 5.57 Å². The zero-order valence-corrected chi connectivity index (χ0v) is 7.00. The number of nitrogens with zero attached hydrogens (tertiary/aromatic N) is 4. The Bertz CT molecular complexity index is 461. The molecule has 0 atom stereocenters. The van der Waals surface area contributed by atoms with Gasteiger partial charge in [-0.05, 0) is 5.87 Å². The summed E-state index contributed by atoms with van der Waals surface area (Å²) in [5.74, 6) is 1.78. The molecule has 0 bridgehead atoms. The van der Waals surface area contributed by atoms with E-state index in [1.165, 1.54) is 0 Å². The highest BCUT2D eigenvalue weighted by atomic mass is 14.3. The van der Waals surface area contributed by atoms with Gasteiger partial charge in [0.1, 0.15) is 29.4 Å². The van der Waals surface area contributed by atoms with Crippen LogP contribution in [0.4, 0.5) is 0 Å². The first-order valence-corrected chi connectivity index (χ1v) is 3.35. The van der Waals surface area contributed by atoms with E-state index in [0.717, 1.165) is 0 Å². The highest BCUT2D eigenvalue weighted by molar-refractivity contribution is 5.71. The molecular formula is C9H3N5. The minimum Gasteiger partial charge on any atom is -0.258 e. The van der Waals surface area contributed by atoms with Crippen LogP contribution < -0.4 is 0 Å². The van der Waals surface area contributed by atoms with E-state index >= 15 is 0 Å². The van der Waals surface area contributed by atoms with E-state index in [1.807, 2.05) is 0 Å². The first-order chi connectivity index (χ1) is 6.74. The molecule has 0 unspecified atom stereocenters. The Morgan fingerprint density at radius 2 is 1.57 bits per heavy atom. The summed E-state index contributed by atoms with van der Waals surface area (Å²) >= 11 is 0. The molecule has 5 heteroatoms. The van der Waals surface area contributed by atoms with Gasteiger partial charge in [0.2, 0.25) is 0 Å². The smallest absolute Gasteiger partial charge is 0.135 e. The van der Waals surface area contributed by atoms with Gasteiger partial charge in [0.25, 0.3) is 0 Å². The van der Waals surface area contributed by atoms with Gasteiger partial charge in [-0.1, -0.05) is 0 Å². The van der Waals surface area contributed by atoms with Crippen LogP contribution in [0.25, 0.3) is 0 Å². The van der Waals surface area contributed by atoms with Crippen molar-refractivity contribution in [2.45, 2.75) is 6.42 Å². The van der Waals surface area contributed by atoms with Gasteiger partial charge in [-0.3, -0.25) is 5.41 Å². The number of rotatable bonds is 2. The molecule has 0 saturated carbocycles. The van der Waals surface area contributed by atoms with E-state index in [0.29, 0.717) is 0 Å². The summed E-state index contributed by atoms with van der Waals surface area (Å²) in [5.41, 5.74) is -0.637. The van der Waals surface area contributed by atoms with Crippen molar-refractivity contribution in [3.8, 4) is 24.3 Å². The number of hydrogen-bond acceptors (Lipinski definition) is 5. The lowest BCUT2D eigenvalue weighted by Gasteiger charge is -1.95. The second-order valence-corrected chi connectivity index (χ2v) is 2.02. The minimum atomic E-state index is -0.331. The number of hydrogen-bond donors (Lipinski definition) is 1. The SMILES string of the molecule is N#CCC(C(=C=N)C#N)=C(C#N)C#N. The van der Waals surface area contributed by atoms with Gasteiger partial charge in [-0.25, -0.2) is 0 Å². The molecule has 0 aromatic rings. The molecule has 0 heterocycles. The van der Waals surface area contributed by atoms with E-state index in [2.05, 4.69) is 0 Å². The average Bonchev–Trinajstić information content (AvgIpc) is 2.21. The fourth-order valence-corrected chi connectivity index (χ4v) is 0.712. The van der Waals surface area contributed by atoms with Crippen LogP contribution in [0, 0.1) is 50.7 Å². The zero-order chi connectivity index (χ0) is 11.0. The van der Waals surface area contributed by atoms with Crippen molar-refractivity contribution < 1.29 is 0 Å². The van der Waals surface area contributed by atoms with Gasteiger partial charge in [0.05, 0.1) is 12.5 Å². The Hall–Kier alpha value is -2.85. The van der Waals surface area contributed by atoms with E-state index in [9.17, 15) is 0 Å². The van der Waals surface area contributed by atoms with E-state index in [-0.39, 0.29) is 23.1 Å². The largest absolute Gasteiger partial charge is 0.258 e. The average molecular weight is 181 g/mol. The zero-order valence-electron chi connectivity index (χ0n) is 7.00. The summed E-state index contributed by atoms with van der Waals surface area (Å²) in [6, 6.07) is 6.42. The Morgan fingerprint density at radius 1 is 1.00 bits per heavy atom. The van der Waals surface area contributed by atoms with Crippen LogP contribution in [0.3, 0.4) is 0 Å². The van der Waals surface area contributed by atoms with Crippen LogP contribution >= 0.6 is 0 Å². The van der Waals surface area contributed by atoms with Crippen molar-refractivity contribution in [1.82, 2.24) is 0 Å². The fraction of sp³-hybridized carbons (Fsp3) is 0.111. The standard InChI is InChI=1S/C9H3N5/c10-2-1-9(7(3-11)4-12)8(5-13)6-14/h11H,1H2. The number of nitriles is 4. The molecule has 0 spiro atoms. The van der Waals surface area contributed by atoms with Crippen LogP contribution in [0.1, 0.15) is 6.42 Å². The van der Waals surface area contributed by atoms with Crippen molar-refractivity contribution >= 4 is 5.87 Å². The summed E-state index contributed by atoms with van der Waals surface area (Å²) in [5, 5.41) is 40.7. The van der Waals surface area contributed by atoms with Gasteiger partial charge in [-0.15, -0.1) is 0 Å². The number of allylic oxidation sites excluding steroid dienone is 3. The molecule has 1 N–H and O–H groups in total. The predicted molar refractivity (Wildman–Crippen MR) is 45.3 cm³/mol. The highest BCUT2D eigenvalue weighted by Crippen LogP contribution is 2.15. The summed E-state index contributed by atoms with van der Waals surface area (Å²) in [7, 11) is 0. The molecule has 0 amide bonds. The Balaban J connectivity index is 5.67. The third-order valence-electron chi connectivity index (χ3n) is 1.32. The molecule has 0 aliphatic rings. The van der Waals surface area contributed by atoms with Crippen LogP contribution in [0.2, 0.25) is 0 Å². The van der Waals surface area contributed by atoms with Crippen molar-refractivity contribution in [3.63, 3.8) is 0 Å². The third-order valence-corrected chi connectivity index (χ3v) is 1.32. The highest BCUT2D eigenvalue weighted by Gasteiger charge is 2.11. The molecular weight excluding hydrogens is 178 g/mol. The van der Waals surface area contributed by atoms with Crippen molar-refractivity contribution in [3.05, 3.63) is 16.7 Å². The van der Waals surface area contributed by atoms with Crippen molar-refractivity contribution in [2.24, 2.45) is 0 Å². The normalized spacial score (nSPS) is 6.57. The Kier molecular flexibility index (Phi) is 4.58. The molecule has 0 radical (unpaired) electrons. The predicted octanol–water partition coefficient (Wildman–Crippen LogP) is 0.942. The molecule has 0 rings (SSSR count). The monoisotopic (exact) mass is 181 g/mol. The molecule has 14 heavy (non-hydrogen) atoms. The number of nitrogens with one attached hydrogen (secondary N) is 1. The summed E-state index contributed by atoms with van der Waals surface area (Å²) in [6.45, 7) is 0. The van der Waals surface area contributed by atoms with Gasteiger partial charge < -0.3 is 0 Å². The lowest BCUT2D eigenvalue weighted by Crippen LogP contribution is -1.92. The van der Waals surface area contributed by atoms with Gasteiger partial charge >= 0.3 is 0 Å². The molecule has 64 valence electrons.